The highest BCUT2D eigenvalue weighted by atomic mass is 32.1. The van der Waals surface area contributed by atoms with E-state index in [-0.39, 0.29) is 5.41 Å². The average Bonchev–Trinajstić information content (AvgIpc) is 2.81. The van der Waals surface area contributed by atoms with Gasteiger partial charge in [0.2, 0.25) is 0 Å². The summed E-state index contributed by atoms with van der Waals surface area (Å²) in [5.41, 5.74) is 8.49. The summed E-state index contributed by atoms with van der Waals surface area (Å²) in [7, 11) is 0. The maximum Gasteiger partial charge on any atom is 0.159 e. The Balaban J connectivity index is 2.43. The third-order valence-corrected chi connectivity index (χ3v) is 4.09. The smallest absolute Gasteiger partial charge is 0.159 e. The molecule has 0 atom stereocenters. The number of thiazole rings is 1. The fourth-order valence-electron chi connectivity index (χ4n) is 1.84. The molecule has 0 amide bonds. The minimum absolute atomic E-state index is 0.132. The van der Waals surface area contributed by atoms with Gasteiger partial charge in [0.15, 0.2) is 5.69 Å². The zero-order valence-corrected chi connectivity index (χ0v) is 12.2. The van der Waals surface area contributed by atoms with Crippen molar-refractivity contribution in [2.75, 3.05) is 0 Å². The Kier molecular flexibility index (Phi) is 3.70. The molecular weight excluding hydrogens is 254 g/mol. The Morgan fingerprint density at radius 1 is 1.26 bits per heavy atom. The minimum Gasteiger partial charge on any atom is -0.325 e. The average molecular weight is 271 g/mol. The van der Waals surface area contributed by atoms with E-state index in [1.54, 1.807) is 0 Å². The van der Waals surface area contributed by atoms with Gasteiger partial charge in [-0.2, -0.15) is 5.26 Å². The molecule has 0 saturated heterocycles. The molecule has 0 unspecified atom stereocenters. The van der Waals surface area contributed by atoms with Gasteiger partial charge >= 0.3 is 0 Å². The van der Waals surface area contributed by atoms with E-state index in [9.17, 15) is 0 Å². The molecule has 98 valence electrons. The topological polar surface area (TPSA) is 62.7 Å². The van der Waals surface area contributed by atoms with Crippen molar-refractivity contribution in [2.45, 2.75) is 32.7 Å². The molecule has 1 aromatic heterocycles. The zero-order valence-electron chi connectivity index (χ0n) is 11.4. The second kappa shape index (κ2) is 5.12. The van der Waals surface area contributed by atoms with Crippen LogP contribution < -0.4 is 5.73 Å². The normalized spacial score (nSPS) is 11.3. The fraction of sp³-hybridized carbons (Fsp3) is 0.333. The van der Waals surface area contributed by atoms with E-state index in [0.717, 1.165) is 15.4 Å². The molecular formula is C15H17N3S. The van der Waals surface area contributed by atoms with Gasteiger partial charge in [-0.3, -0.25) is 0 Å². The second-order valence-corrected chi connectivity index (χ2v) is 6.51. The van der Waals surface area contributed by atoms with E-state index >= 15 is 0 Å². The van der Waals surface area contributed by atoms with E-state index in [0.29, 0.717) is 12.2 Å². The quantitative estimate of drug-likeness (QED) is 0.910. The number of rotatable bonds is 2. The van der Waals surface area contributed by atoms with E-state index in [2.05, 4.69) is 56.1 Å². The van der Waals surface area contributed by atoms with Crippen LogP contribution in [0.15, 0.2) is 24.3 Å². The number of nitrogens with zero attached hydrogens (tertiary/aromatic N) is 2. The maximum atomic E-state index is 9.13. The van der Waals surface area contributed by atoms with Crippen LogP contribution in [0.1, 0.15) is 37.0 Å². The SMILES string of the molecule is CC(C)(C)c1ccc(-c2sc(CN)nc2C#N)cc1. The third-order valence-electron chi connectivity index (χ3n) is 2.97. The van der Waals surface area contributed by atoms with Crippen molar-refractivity contribution in [3.63, 3.8) is 0 Å². The summed E-state index contributed by atoms with van der Waals surface area (Å²) in [6.07, 6.45) is 0. The number of hydrogen-bond acceptors (Lipinski definition) is 4. The highest BCUT2D eigenvalue weighted by Crippen LogP contribution is 2.31. The molecule has 0 fully saturated rings. The Hall–Kier alpha value is -1.70. The van der Waals surface area contributed by atoms with Gasteiger partial charge in [-0.15, -0.1) is 11.3 Å². The van der Waals surface area contributed by atoms with Crippen molar-refractivity contribution in [3.05, 3.63) is 40.5 Å². The van der Waals surface area contributed by atoms with Crippen LogP contribution in [-0.4, -0.2) is 4.98 Å². The summed E-state index contributed by atoms with van der Waals surface area (Å²) >= 11 is 1.49. The Morgan fingerprint density at radius 3 is 2.37 bits per heavy atom. The van der Waals surface area contributed by atoms with Crippen LogP contribution in [0.4, 0.5) is 0 Å². The standard InChI is InChI=1S/C15H17N3S/c1-15(2,3)11-6-4-10(5-7-11)14-12(8-16)18-13(9-17)19-14/h4-7H,9,17H2,1-3H3. The lowest BCUT2D eigenvalue weighted by Crippen LogP contribution is -2.10. The Morgan fingerprint density at radius 2 is 1.89 bits per heavy atom. The lowest BCUT2D eigenvalue weighted by Gasteiger charge is -2.18. The van der Waals surface area contributed by atoms with Crippen LogP contribution in [0, 0.1) is 11.3 Å². The van der Waals surface area contributed by atoms with Crippen LogP contribution in [0.2, 0.25) is 0 Å². The van der Waals surface area contributed by atoms with Gasteiger partial charge < -0.3 is 5.73 Å². The van der Waals surface area contributed by atoms with E-state index in [1.165, 1.54) is 16.9 Å². The molecule has 4 heteroatoms. The second-order valence-electron chi connectivity index (χ2n) is 5.43. The summed E-state index contributed by atoms with van der Waals surface area (Å²) in [5, 5.41) is 9.92. The van der Waals surface area contributed by atoms with Crippen LogP contribution in [-0.2, 0) is 12.0 Å². The summed E-state index contributed by atoms with van der Waals surface area (Å²) in [6.45, 7) is 6.92. The van der Waals surface area contributed by atoms with E-state index < -0.39 is 0 Å². The molecule has 0 radical (unpaired) electrons. The molecule has 0 spiro atoms. The molecule has 1 aromatic carbocycles. The van der Waals surface area contributed by atoms with Crippen LogP contribution in [0.25, 0.3) is 10.4 Å². The summed E-state index contributed by atoms with van der Waals surface area (Å²) < 4.78 is 0. The number of aromatic nitrogens is 1. The van der Waals surface area contributed by atoms with Gasteiger partial charge in [-0.25, -0.2) is 4.98 Å². The number of nitrogens with two attached hydrogens (primary N) is 1. The summed E-state index contributed by atoms with van der Waals surface area (Å²) in [6, 6.07) is 10.5. The highest BCUT2D eigenvalue weighted by Gasteiger charge is 2.15. The molecule has 0 aliphatic rings. The van der Waals surface area contributed by atoms with Gasteiger partial charge in [-0.1, -0.05) is 45.0 Å². The van der Waals surface area contributed by atoms with Gasteiger partial charge in [0.25, 0.3) is 0 Å². The monoisotopic (exact) mass is 271 g/mol. The summed E-state index contributed by atoms with van der Waals surface area (Å²) in [5.74, 6) is 0. The molecule has 0 bridgehead atoms. The van der Waals surface area contributed by atoms with Gasteiger partial charge in [-0.05, 0) is 16.5 Å². The van der Waals surface area contributed by atoms with E-state index in [1.807, 2.05) is 0 Å². The predicted octanol–water partition coefficient (Wildman–Crippen LogP) is 3.44. The minimum atomic E-state index is 0.132. The van der Waals surface area contributed by atoms with Crippen molar-refractivity contribution in [2.24, 2.45) is 5.73 Å². The zero-order chi connectivity index (χ0) is 14.0. The number of hydrogen-bond donors (Lipinski definition) is 1. The first-order valence-electron chi connectivity index (χ1n) is 6.16. The molecule has 1 heterocycles. The van der Waals surface area contributed by atoms with E-state index in [4.69, 9.17) is 11.0 Å². The van der Waals surface area contributed by atoms with Crippen molar-refractivity contribution >= 4 is 11.3 Å². The van der Waals surface area contributed by atoms with Crippen LogP contribution in [0.3, 0.4) is 0 Å². The van der Waals surface area contributed by atoms with Gasteiger partial charge in [0.1, 0.15) is 11.1 Å². The molecule has 0 aliphatic carbocycles. The van der Waals surface area contributed by atoms with Gasteiger partial charge in [0.05, 0.1) is 4.88 Å². The molecule has 2 rings (SSSR count). The highest BCUT2D eigenvalue weighted by molar-refractivity contribution is 7.15. The van der Waals surface area contributed by atoms with Gasteiger partial charge in [0, 0.05) is 6.54 Å². The van der Waals surface area contributed by atoms with Crippen molar-refractivity contribution in [1.82, 2.24) is 4.98 Å². The third kappa shape index (κ3) is 2.83. The molecule has 2 aromatic rings. The Bertz CT molecular complexity index is 612. The van der Waals surface area contributed by atoms with Crippen molar-refractivity contribution < 1.29 is 0 Å². The molecule has 19 heavy (non-hydrogen) atoms. The molecule has 2 N–H and O–H groups in total. The summed E-state index contributed by atoms with van der Waals surface area (Å²) in [4.78, 5) is 5.13. The first kappa shape index (κ1) is 13.7. The lowest BCUT2D eigenvalue weighted by molar-refractivity contribution is 0.590. The van der Waals surface area contributed by atoms with Crippen LogP contribution >= 0.6 is 11.3 Å². The van der Waals surface area contributed by atoms with Crippen LogP contribution in [0.5, 0.6) is 0 Å². The first-order valence-corrected chi connectivity index (χ1v) is 6.98. The predicted molar refractivity (Wildman–Crippen MR) is 78.9 cm³/mol. The Labute approximate surface area is 117 Å². The number of nitriles is 1. The fourth-order valence-corrected chi connectivity index (χ4v) is 2.74. The largest absolute Gasteiger partial charge is 0.325 e. The maximum absolute atomic E-state index is 9.13. The lowest BCUT2D eigenvalue weighted by atomic mass is 9.86. The molecule has 0 saturated carbocycles. The molecule has 0 aliphatic heterocycles. The van der Waals surface area contributed by atoms with Crippen molar-refractivity contribution in [3.8, 4) is 16.5 Å². The first-order chi connectivity index (χ1) is 8.95. The number of benzene rings is 1. The molecule has 3 nitrogen and oxygen atoms in total. The van der Waals surface area contributed by atoms with Crippen molar-refractivity contribution in [1.29, 1.82) is 5.26 Å².